The predicted octanol–water partition coefficient (Wildman–Crippen LogP) is 0.557. The van der Waals surface area contributed by atoms with Crippen molar-refractivity contribution in [2.45, 2.75) is 18.7 Å². The van der Waals surface area contributed by atoms with Crippen LogP contribution in [0.15, 0.2) is 21.5 Å². The number of nitrogen functional groups attached to an aromatic ring is 1. The topological polar surface area (TPSA) is 118 Å². The van der Waals surface area contributed by atoms with Gasteiger partial charge >= 0.3 is 0 Å². The van der Waals surface area contributed by atoms with Gasteiger partial charge < -0.3 is 5.73 Å². The van der Waals surface area contributed by atoms with Gasteiger partial charge in [-0.25, -0.2) is 26.3 Å². The predicted molar refractivity (Wildman–Crippen MR) is 85.9 cm³/mol. The number of sulfonamides is 2. The van der Waals surface area contributed by atoms with E-state index < -0.39 is 20.0 Å². The van der Waals surface area contributed by atoms with Crippen LogP contribution in [0.2, 0.25) is 0 Å². The van der Waals surface area contributed by atoms with Crippen molar-refractivity contribution >= 4 is 41.7 Å². The largest absolute Gasteiger partial charge is 0.398 e. The molecule has 0 fully saturated rings. The fourth-order valence-electron chi connectivity index (χ4n) is 1.63. The van der Waals surface area contributed by atoms with Crippen LogP contribution < -0.4 is 15.2 Å². The summed E-state index contributed by atoms with van der Waals surface area (Å²) in [6, 6.07) is 3.02. The molecule has 1 aromatic rings. The van der Waals surface area contributed by atoms with Crippen molar-refractivity contribution < 1.29 is 16.8 Å². The third-order valence-electron chi connectivity index (χ3n) is 2.68. The maximum atomic E-state index is 12.2. The Labute approximate surface area is 133 Å². The van der Waals surface area contributed by atoms with E-state index in [9.17, 15) is 16.8 Å². The van der Waals surface area contributed by atoms with E-state index in [1.165, 1.54) is 6.07 Å². The lowest BCUT2D eigenvalue weighted by Crippen LogP contribution is -2.34. The molecule has 0 bridgehead atoms. The summed E-state index contributed by atoms with van der Waals surface area (Å²) in [5, 5.41) is 0. The molecule has 0 aliphatic heterocycles. The quantitative estimate of drug-likeness (QED) is 0.578. The Hall–Kier alpha value is -0.680. The molecule has 0 spiro atoms. The van der Waals surface area contributed by atoms with Crippen molar-refractivity contribution in [2.24, 2.45) is 0 Å². The minimum absolute atomic E-state index is 0.0234. The second-order valence-electron chi connectivity index (χ2n) is 4.33. The standard InChI is InChI=1S/C11H18BrN3O4S2/c1-3-14-20(16,17)5-4-15-21(18,19)11-7-9(12)6-10(13)8(11)2/h6-7,14-15H,3-5,13H2,1-2H3. The fourth-order valence-corrected chi connectivity index (χ4v) is 4.67. The maximum absolute atomic E-state index is 12.2. The van der Waals surface area contributed by atoms with Gasteiger partial charge in [0, 0.05) is 23.2 Å². The Bertz CT molecular complexity index is 717. The Balaban J connectivity index is 2.89. The van der Waals surface area contributed by atoms with E-state index in [0.29, 0.717) is 15.7 Å². The van der Waals surface area contributed by atoms with Crippen LogP contribution in [0.3, 0.4) is 0 Å². The molecule has 1 rings (SSSR count). The average molecular weight is 400 g/mol. The van der Waals surface area contributed by atoms with Gasteiger partial charge in [-0.1, -0.05) is 22.9 Å². The highest BCUT2D eigenvalue weighted by atomic mass is 79.9. The molecule has 7 nitrogen and oxygen atoms in total. The maximum Gasteiger partial charge on any atom is 0.240 e. The molecular weight excluding hydrogens is 382 g/mol. The van der Waals surface area contributed by atoms with Crippen molar-refractivity contribution in [3.05, 3.63) is 22.2 Å². The molecule has 0 saturated carbocycles. The van der Waals surface area contributed by atoms with Crippen molar-refractivity contribution in [3.8, 4) is 0 Å². The van der Waals surface area contributed by atoms with Gasteiger partial charge in [0.25, 0.3) is 0 Å². The lowest BCUT2D eigenvalue weighted by atomic mass is 10.2. The second kappa shape index (κ2) is 7.05. The number of halogens is 1. The summed E-state index contributed by atoms with van der Waals surface area (Å²) in [6.45, 7) is 3.28. The smallest absolute Gasteiger partial charge is 0.240 e. The van der Waals surface area contributed by atoms with E-state index in [4.69, 9.17) is 5.73 Å². The third kappa shape index (κ3) is 5.22. The van der Waals surface area contributed by atoms with E-state index in [-0.39, 0.29) is 23.7 Å². The van der Waals surface area contributed by atoms with Crippen molar-refractivity contribution in [2.75, 3.05) is 24.6 Å². The highest BCUT2D eigenvalue weighted by Crippen LogP contribution is 2.26. The molecule has 0 heterocycles. The minimum atomic E-state index is -3.83. The molecule has 21 heavy (non-hydrogen) atoms. The summed E-state index contributed by atoms with van der Waals surface area (Å²) < 4.78 is 52.4. The summed E-state index contributed by atoms with van der Waals surface area (Å²) in [5.74, 6) is -0.331. The lowest BCUT2D eigenvalue weighted by Gasteiger charge is -2.12. The summed E-state index contributed by atoms with van der Waals surface area (Å²) in [7, 11) is -7.30. The van der Waals surface area contributed by atoms with E-state index in [0.717, 1.165) is 0 Å². The van der Waals surface area contributed by atoms with Crippen LogP contribution in [0.5, 0.6) is 0 Å². The van der Waals surface area contributed by atoms with E-state index >= 15 is 0 Å². The molecule has 0 atom stereocenters. The Morgan fingerprint density at radius 1 is 1.19 bits per heavy atom. The number of nitrogens with two attached hydrogens (primary N) is 1. The summed E-state index contributed by atoms with van der Waals surface area (Å²) in [6.07, 6.45) is 0. The molecule has 0 aromatic heterocycles. The Morgan fingerprint density at radius 3 is 2.38 bits per heavy atom. The SMILES string of the molecule is CCNS(=O)(=O)CCNS(=O)(=O)c1cc(Br)cc(N)c1C. The highest BCUT2D eigenvalue weighted by molar-refractivity contribution is 9.10. The van der Waals surface area contributed by atoms with Crippen LogP contribution in [-0.4, -0.2) is 35.7 Å². The number of rotatable bonds is 7. The number of benzene rings is 1. The number of nitrogens with one attached hydrogen (secondary N) is 2. The van der Waals surface area contributed by atoms with E-state index in [1.807, 2.05) is 0 Å². The first-order chi connectivity index (χ1) is 9.59. The number of anilines is 1. The summed E-state index contributed by atoms with van der Waals surface area (Å²) in [5.41, 5.74) is 6.48. The summed E-state index contributed by atoms with van der Waals surface area (Å²) >= 11 is 3.18. The molecule has 0 aliphatic rings. The van der Waals surface area contributed by atoms with Gasteiger partial charge in [0.1, 0.15) is 0 Å². The molecule has 0 saturated heterocycles. The van der Waals surface area contributed by atoms with E-state index in [2.05, 4.69) is 25.4 Å². The number of hydrogen-bond acceptors (Lipinski definition) is 5. The zero-order valence-electron chi connectivity index (χ0n) is 11.7. The van der Waals surface area contributed by atoms with Crippen LogP contribution in [0.4, 0.5) is 5.69 Å². The number of hydrogen-bond donors (Lipinski definition) is 3. The first-order valence-corrected chi connectivity index (χ1v) is 10.0. The Morgan fingerprint density at radius 2 is 1.81 bits per heavy atom. The average Bonchev–Trinajstić information content (AvgIpc) is 2.32. The first kappa shape index (κ1) is 18.4. The van der Waals surface area contributed by atoms with Gasteiger partial charge in [0.2, 0.25) is 20.0 Å². The van der Waals surface area contributed by atoms with Gasteiger partial charge in [-0.2, -0.15) is 0 Å². The second-order valence-corrected chi connectivity index (χ2v) is 8.91. The van der Waals surface area contributed by atoms with Crippen molar-refractivity contribution in [3.63, 3.8) is 0 Å². The molecular formula is C11H18BrN3O4S2. The summed E-state index contributed by atoms with van der Waals surface area (Å²) in [4.78, 5) is 0.0234. The molecule has 1 aromatic carbocycles. The van der Waals surface area contributed by atoms with Crippen LogP contribution in [-0.2, 0) is 20.0 Å². The van der Waals surface area contributed by atoms with Crippen LogP contribution >= 0.6 is 15.9 Å². The molecule has 0 radical (unpaired) electrons. The van der Waals surface area contributed by atoms with Gasteiger partial charge in [0.05, 0.1) is 10.6 Å². The lowest BCUT2D eigenvalue weighted by molar-refractivity contribution is 0.576. The highest BCUT2D eigenvalue weighted by Gasteiger charge is 2.20. The van der Waals surface area contributed by atoms with E-state index in [1.54, 1.807) is 19.9 Å². The van der Waals surface area contributed by atoms with Crippen LogP contribution in [0.25, 0.3) is 0 Å². The van der Waals surface area contributed by atoms with Gasteiger partial charge in [-0.15, -0.1) is 0 Å². The van der Waals surface area contributed by atoms with Crippen molar-refractivity contribution in [1.29, 1.82) is 0 Å². The molecule has 4 N–H and O–H groups in total. The molecule has 10 heteroatoms. The van der Waals surface area contributed by atoms with Crippen LogP contribution in [0.1, 0.15) is 12.5 Å². The van der Waals surface area contributed by atoms with Crippen molar-refractivity contribution in [1.82, 2.24) is 9.44 Å². The molecule has 120 valence electrons. The molecule has 0 aliphatic carbocycles. The van der Waals surface area contributed by atoms with Crippen LogP contribution in [0, 0.1) is 6.92 Å². The third-order valence-corrected chi connectivity index (χ3v) is 6.20. The molecule has 0 unspecified atom stereocenters. The van der Waals surface area contributed by atoms with Gasteiger partial charge in [-0.05, 0) is 24.6 Å². The van der Waals surface area contributed by atoms with Gasteiger partial charge in [-0.3, -0.25) is 0 Å². The monoisotopic (exact) mass is 399 g/mol. The van der Waals surface area contributed by atoms with Gasteiger partial charge in [0.15, 0.2) is 0 Å². The normalized spacial score (nSPS) is 12.5. The zero-order valence-corrected chi connectivity index (χ0v) is 14.9. The minimum Gasteiger partial charge on any atom is -0.398 e. The Kier molecular flexibility index (Phi) is 6.17. The fraction of sp³-hybridized carbons (Fsp3) is 0.455. The zero-order chi connectivity index (χ0) is 16.3. The molecule has 0 amide bonds. The first-order valence-electron chi connectivity index (χ1n) is 6.11.